The molecule has 0 bridgehead atoms. The lowest BCUT2D eigenvalue weighted by molar-refractivity contribution is -0.139. The average Bonchev–Trinajstić information content (AvgIpc) is 3.16. The maximum Gasteiger partial charge on any atom is 0.311 e. The quantitative estimate of drug-likeness (QED) is 0.739. The van der Waals surface area contributed by atoms with Crippen molar-refractivity contribution in [1.29, 1.82) is 5.26 Å². The lowest BCUT2D eigenvalue weighted by atomic mass is 9.69. The number of aromatic nitrogens is 2. The molecular weight excluding hydrogens is 350 g/mol. The number of nitrogens with two attached hydrogens (primary N) is 1. The number of hydrogen-bond acceptors (Lipinski definition) is 7. The van der Waals surface area contributed by atoms with Crippen molar-refractivity contribution < 1.29 is 19.1 Å². The Morgan fingerprint density at radius 3 is 2.93 bits per heavy atom. The van der Waals surface area contributed by atoms with Crippen molar-refractivity contribution in [1.82, 2.24) is 10.2 Å². The van der Waals surface area contributed by atoms with E-state index in [0.717, 1.165) is 0 Å². The van der Waals surface area contributed by atoms with Crippen LogP contribution in [0.5, 0.6) is 5.88 Å². The molecule has 0 saturated heterocycles. The van der Waals surface area contributed by atoms with Gasteiger partial charge in [0, 0.05) is 18.3 Å². The van der Waals surface area contributed by atoms with E-state index in [1.54, 1.807) is 31.3 Å². The first-order chi connectivity index (χ1) is 13.0. The van der Waals surface area contributed by atoms with Crippen LogP contribution in [0.25, 0.3) is 0 Å². The number of nitriles is 1. The minimum atomic E-state index is -1.53. The fourth-order valence-corrected chi connectivity index (χ4v) is 3.81. The summed E-state index contributed by atoms with van der Waals surface area (Å²) in [6.45, 7) is 0. The minimum absolute atomic E-state index is 0.0377. The van der Waals surface area contributed by atoms with Gasteiger partial charge >= 0.3 is 5.97 Å². The summed E-state index contributed by atoms with van der Waals surface area (Å²) in [6.07, 6.45) is -0.165. The van der Waals surface area contributed by atoms with Crippen LogP contribution in [-0.4, -0.2) is 36.2 Å². The smallest absolute Gasteiger partial charge is 0.311 e. The number of carbonyl (C=O) groups excluding carboxylic acids is 2. The summed E-state index contributed by atoms with van der Waals surface area (Å²) in [5, 5.41) is 16.6. The van der Waals surface area contributed by atoms with Crippen LogP contribution in [-0.2, 0) is 26.2 Å². The van der Waals surface area contributed by atoms with Gasteiger partial charge in [-0.25, -0.2) is 0 Å². The number of fused-ring (bicyclic) bond motifs is 4. The molecule has 3 heterocycles. The summed E-state index contributed by atoms with van der Waals surface area (Å²) < 4.78 is 10.2. The highest BCUT2D eigenvalue weighted by Gasteiger charge is 2.60. The predicted molar refractivity (Wildman–Crippen MR) is 92.4 cm³/mol. The lowest BCUT2D eigenvalue weighted by Gasteiger charge is -2.32. The summed E-state index contributed by atoms with van der Waals surface area (Å²) in [5.41, 5.74) is 6.26. The Bertz CT molecular complexity index is 1060. The second kappa shape index (κ2) is 5.60. The van der Waals surface area contributed by atoms with E-state index in [2.05, 4.69) is 10.2 Å². The van der Waals surface area contributed by atoms with E-state index in [9.17, 15) is 14.9 Å². The number of nitrogens with zero attached hydrogens (tertiary/aromatic N) is 3. The van der Waals surface area contributed by atoms with Crippen molar-refractivity contribution in [3.05, 3.63) is 52.5 Å². The second-order valence-electron chi connectivity index (χ2n) is 6.22. The summed E-state index contributed by atoms with van der Waals surface area (Å²) in [6, 6.07) is 9.13. The van der Waals surface area contributed by atoms with Crippen LogP contribution < -0.4 is 15.4 Å². The number of esters is 1. The predicted octanol–water partition coefficient (Wildman–Crippen LogP) is 0.474. The van der Waals surface area contributed by atoms with Crippen molar-refractivity contribution in [2.75, 3.05) is 19.1 Å². The SMILES string of the molecule is COC(=O)Cc1[nH]nc2c1[C@]1(C(=O)N(C)c3ccccc31)C(C#N)=C(N)O2. The molecule has 4 rings (SSSR count). The highest BCUT2D eigenvalue weighted by molar-refractivity contribution is 6.14. The Kier molecular flexibility index (Phi) is 3.46. The van der Waals surface area contributed by atoms with Gasteiger partial charge in [0.25, 0.3) is 0 Å². The van der Waals surface area contributed by atoms with E-state index in [1.807, 2.05) is 6.07 Å². The van der Waals surface area contributed by atoms with Crippen LogP contribution >= 0.6 is 0 Å². The molecule has 0 fully saturated rings. The number of likely N-dealkylation sites (N-methyl/N-ethyl adjacent to an activating group) is 1. The number of anilines is 1. The second-order valence-corrected chi connectivity index (χ2v) is 6.22. The molecule has 1 amide bonds. The standard InChI is InChI=1S/C18H15N5O4/c1-23-12-6-4-3-5-9(12)18(17(23)25)10(8-19)15(20)27-16-14(18)11(21-22-16)7-13(24)26-2/h3-6H,7,20H2,1-2H3,(H,21,22)/t18-/m1/s1. The Morgan fingerprint density at radius 1 is 1.48 bits per heavy atom. The number of para-hydroxylation sites is 1. The van der Waals surface area contributed by atoms with Crippen LogP contribution in [0.2, 0.25) is 0 Å². The molecule has 0 radical (unpaired) electrons. The van der Waals surface area contributed by atoms with Crippen molar-refractivity contribution in [2.24, 2.45) is 5.73 Å². The van der Waals surface area contributed by atoms with Gasteiger partial charge in [-0.3, -0.25) is 14.7 Å². The number of carbonyl (C=O) groups is 2. The Labute approximate surface area is 154 Å². The first-order valence-corrected chi connectivity index (χ1v) is 8.07. The van der Waals surface area contributed by atoms with Crippen LogP contribution in [0.3, 0.4) is 0 Å². The molecule has 2 aliphatic rings. The summed E-state index contributed by atoms with van der Waals surface area (Å²) in [5.74, 6) is -1.03. The van der Waals surface area contributed by atoms with E-state index in [-0.39, 0.29) is 29.7 Å². The molecule has 0 aliphatic carbocycles. The zero-order valence-electron chi connectivity index (χ0n) is 14.6. The number of H-pyrrole nitrogens is 1. The molecule has 9 nitrogen and oxygen atoms in total. The van der Waals surface area contributed by atoms with Gasteiger partial charge < -0.3 is 20.1 Å². The topological polar surface area (TPSA) is 134 Å². The largest absolute Gasteiger partial charge is 0.469 e. The molecule has 136 valence electrons. The monoisotopic (exact) mass is 365 g/mol. The van der Waals surface area contributed by atoms with Gasteiger partial charge in [-0.05, 0) is 6.07 Å². The maximum atomic E-state index is 13.5. The van der Waals surface area contributed by atoms with Gasteiger partial charge in [-0.15, -0.1) is 5.10 Å². The molecule has 1 aromatic heterocycles. The van der Waals surface area contributed by atoms with Crippen LogP contribution in [0.1, 0.15) is 16.8 Å². The highest BCUT2D eigenvalue weighted by atomic mass is 16.5. The molecule has 2 aliphatic heterocycles. The molecule has 0 unspecified atom stereocenters. The van der Waals surface area contributed by atoms with Gasteiger partial charge in [-0.2, -0.15) is 5.26 Å². The molecule has 0 saturated carbocycles. The molecule has 1 spiro atoms. The van der Waals surface area contributed by atoms with Crippen molar-refractivity contribution in [2.45, 2.75) is 11.8 Å². The van der Waals surface area contributed by atoms with E-state index in [0.29, 0.717) is 22.5 Å². The van der Waals surface area contributed by atoms with Crippen molar-refractivity contribution >= 4 is 17.6 Å². The Hall–Kier alpha value is -3.80. The van der Waals surface area contributed by atoms with Gasteiger partial charge in [-0.1, -0.05) is 18.2 Å². The maximum absolute atomic E-state index is 13.5. The fraction of sp³-hybridized carbons (Fsp3) is 0.222. The molecule has 27 heavy (non-hydrogen) atoms. The third-order valence-corrected chi connectivity index (χ3v) is 4.97. The molecule has 3 N–H and O–H groups in total. The zero-order chi connectivity index (χ0) is 19.3. The Balaban J connectivity index is 2.09. The number of ether oxygens (including phenoxy) is 2. The van der Waals surface area contributed by atoms with Gasteiger partial charge in [0.2, 0.25) is 17.7 Å². The Morgan fingerprint density at radius 2 is 2.22 bits per heavy atom. The van der Waals surface area contributed by atoms with Crippen molar-refractivity contribution in [3.63, 3.8) is 0 Å². The number of aromatic amines is 1. The first kappa shape index (κ1) is 16.7. The zero-order valence-corrected chi connectivity index (χ0v) is 14.6. The number of rotatable bonds is 2. The van der Waals surface area contributed by atoms with E-state index >= 15 is 0 Å². The normalized spacial score (nSPS) is 20.2. The van der Waals surface area contributed by atoms with Gasteiger partial charge in [0.05, 0.1) is 24.8 Å². The molecular formula is C18H15N5O4. The van der Waals surface area contributed by atoms with Gasteiger partial charge in [0.15, 0.2) is 0 Å². The fourth-order valence-electron chi connectivity index (χ4n) is 3.81. The average molecular weight is 365 g/mol. The number of methoxy groups -OCH3 is 1. The summed E-state index contributed by atoms with van der Waals surface area (Å²) in [4.78, 5) is 26.8. The van der Waals surface area contributed by atoms with Crippen LogP contribution in [0.4, 0.5) is 5.69 Å². The third-order valence-electron chi connectivity index (χ3n) is 4.97. The summed E-state index contributed by atoms with van der Waals surface area (Å²) >= 11 is 0. The number of hydrogen-bond donors (Lipinski definition) is 2. The van der Waals surface area contributed by atoms with Crippen LogP contribution in [0, 0.1) is 11.3 Å². The molecule has 2 aromatic rings. The van der Waals surface area contributed by atoms with Gasteiger partial charge in [0.1, 0.15) is 17.1 Å². The number of amides is 1. The summed E-state index contributed by atoms with van der Waals surface area (Å²) in [7, 11) is 2.89. The number of benzene rings is 1. The molecule has 1 aromatic carbocycles. The van der Waals surface area contributed by atoms with E-state index in [4.69, 9.17) is 15.2 Å². The van der Waals surface area contributed by atoms with E-state index < -0.39 is 11.4 Å². The number of nitrogens with one attached hydrogen (secondary N) is 1. The third kappa shape index (κ3) is 1.95. The molecule has 9 heteroatoms. The highest BCUT2D eigenvalue weighted by Crippen LogP contribution is 2.55. The van der Waals surface area contributed by atoms with Crippen molar-refractivity contribution in [3.8, 4) is 11.9 Å². The van der Waals surface area contributed by atoms with Crippen LogP contribution in [0.15, 0.2) is 35.7 Å². The first-order valence-electron chi connectivity index (χ1n) is 8.07. The lowest BCUT2D eigenvalue weighted by Crippen LogP contribution is -2.45. The van der Waals surface area contributed by atoms with E-state index in [1.165, 1.54) is 12.0 Å². The molecule has 1 atom stereocenters. The minimum Gasteiger partial charge on any atom is -0.469 e.